The maximum absolute atomic E-state index is 12.9. The van der Waals surface area contributed by atoms with E-state index in [0.717, 1.165) is 83.5 Å². The number of aliphatic carboxylic acids is 1. The quantitative estimate of drug-likeness (QED) is 0.0211. The van der Waals surface area contributed by atoms with Crippen molar-refractivity contribution in [2.45, 2.75) is 283 Å². The van der Waals surface area contributed by atoms with Gasteiger partial charge in [0.2, 0.25) is 0 Å². The lowest BCUT2D eigenvalue weighted by atomic mass is 10.0. The van der Waals surface area contributed by atoms with Gasteiger partial charge in [-0.15, -0.1) is 0 Å². The third-order valence-corrected chi connectivity index (χ3v) is 13.8. The van der Waals surface area contributed by atoms with Gasteiger partial charge in [0, 0.05) is 12.8 Å². The van der Waals surface area contributed by atoms with Crippen molar-refractivity contribution in [2.24, 2.45) is 0 Å². The lowest BCUT2D eigenvalue weighted by molar-refractivity contribution is -0.870. The molecule has 0 aliphatic heterocycles. The number of hydrogen-bond donors (Lipinski definition) is 1. The van der Waals surface area contributed by atoms with Crippen molar-refractivity contribution < 1.29 is 42.9 Å². The first-order chi connectivity index (χ1) is 38.6. The highest BCUT2D eigenvalue weighted by atomic mass is 16.7. The van der Waals surface area contributed by atoms with Crippen molar-refractivity contribution in [2.75, 3.05) is 47.5 Å². The molecule has 0 spiro atoms. The molecule has 0 saturated heterocycles. The van der Waals surface area contributed by atoms with Crippen molar-refractivity contribution >= 4 is 17.9 Å². The Bertz CT molecular complexity index is 1620. The summed E-state index contributed by atoms with van der Waals surface area (Å²) in [6.45, 7) is 4.76. The summed E-state index contributed by atoms with van der Waals surface area (Å²) in [5.41, 5.74) is 0. The fourth-order valence-corrected chi connectivity index (χ4v) is 8.87. The molecule has 0 aliphatic rings. The monoisotopic (exact) mass is 1100 g/mol. The molecular weight excluding hydrogens is 983 g/mol. The van der Waals surface area contributed by atoms with E-state index < -0.39 is 24.3 Å². The van der Waals surface area contributed by atoms with Crippen molar-refractivity contribution in [3.05, 3.63) is 97.2 Å². The second-order valence-electron chi connectivity index (χ2n) is 22.7. The number of rotatable bonds is 59. The number of nitrogens with zero attached hydrogens (tertiary/aromatic N) is 1. The van der Waals surface area contributed by atoms with Gasteiger partial charge in [0.15, 0.2) is 6.10 Å². The van der Waals surface area contributed by atoms with E-state index >= 15 is 0 Å². The number of unbranched alkanes of at least 4 members (excludes halogenated alkanes) is 28. The molecule has 0 rings (SSSR count). The zero-order chi connectivity index (χ0) is 57.6. The van der Waals surface area contributed by atoms with Crippen molar-refractivity contribution in [1.29, 1.82) is 0 Å². The van der Waals surface area contributed by atoms with Crippen LogP contribution in [0.15, 0.2) is 97.2 Å². The molecule has 454 valence electrons. The molecule has 0 aliphatic carbocycles. The van der Waals surface area contributed by atoms with Gasteiger partial charge in [-0.25, -0.2) is 4.79 Å². The number of ether oxygens (including phenoxy) is 4. The van der Waals surface area contributed by atoms with E-state index in [0.29, 0.717) is 23.9 Å². The molecule has 0 radical (unpaired) electrons. The molecule has 0 saturated carbocycles. The molecule has 0 heterocycles. The number of carboxylic acid groups (broad SMARTS) is 1. The normalized spacial score (nSPS) is 13.4. The summed E-state index contributed by atoms with van der Waals surface area (Å²) in [6, 6.07) is 0. The third-order valence-electron chi connectivity index (χ3n) is 13.8. The van der Waals surface area contributed by atoms with Crippen LogP contribution in [0.2, 0.25) is 0 Å². The number of hydrogen-bond acceptors (Lipinski definition) is 7. The van der Waals surface area contributed by atoms with E-state index in [1.807, 2.05) is 21.1 Å². The minimum Gasteiger partial charge on any atom is -0.477 e. The molecule has 0 aromatic heterocycles. The number of likely N-dealkylation sites (N-methyl/N-ethyl adjacent to an activating group) is 1. The van der Waals surface area contributed by atoms with Gasteiger partial charge < -0.3 is 28.5 Å². The van der Waals surface area contributed by atoms with Crippen LogP contribution in [0, 0.1) is 0 Å². The number of carbonyl (C=O) groups excluding carboxylic acids is 2. The van der Waals surface area contributed by atoms with Crippen LogP contribution in [0.3, 0.4) is 0 Å². The van der Waals surface area contributed by atoms with E-state index in [1.165, 1.54) is 154 Å². The van der Waals surface area contributed by atoms with E-state index in [2.05, 4.69) is 111 Å². The Kier molecular flexibility index (Phi) is 57.4. The van der Waals surface area contributed by atoms with Crippen molar-refractivity contribution in [3.63, 3.8) is 0 Å². The summed E-state index contributed by atoms with van der Waals surface area (Å²) in [5.74, 6) is -2.01. The van der Waals surface area contributed by atoms with Crippen LogP contribution in [-0.2, 0) is 33.3 Å². The Morgan fingerprint density at radius 3 is 1.08 bits per heavy atom. The fraction of sp³-hybridized carbons (Fsp3) is 0.729. The molecule has 0 amide bonds. The van der Waals surface area contributed by atoms with Gasteiger partial charge in [-0.3, -0.25) is 9.59 Å². The molecule has 0 aromatic rings. The first kappa shape index (κ1) is 75.2. The molecule has 0 bridgehead atoms. The maximum atomic E-state index is 12.9. The Morgan fingerprint density at radius 2 is 0.722 bits per heavy atom. The largest absolute Gasteiger partial charge is 0.477 e. The lowest BCUT2D eigenvalue weighted by Crippen LogP contribution is -2.40. The topological polar surface area (TPSA) is 108 Å². The minimum atomic E-state index is -1.52. The first-order valence-electron chi connectivity index (χ1n) is 32.4. The fourth-order valence-electron chi connectivity index (χ4n) is 8.87. The number of allylic oxidation sites excluding steroid dienone is 16. The van der Waals surface area contributed by atoms with Crippen molar-refractivity contribution in [3.8, 4) is 0 Å². The van der Waals surface area contributed by atoms with Gasteiger partial charge in [0.1, 0.15) is 13.2 Å². The van der Waals surface area contributed by atoms with Crippen LogP contribution in [0.25, 0.3) is 0 Å². The van der Waals surface area contributed by atoms with Gasteiger partial charge in [0.05, 0.1) is 34.4 Å². The second-order valence-corrected chi connectivity index (χ2v) is 22.7. The maximum Gasteiger partial charge on any atom is 0.361 e. The molecule has 2 atom stereocenters. The van der Waals surface area contributed by atoms with Crippen LogP contribution in [0.5, 0.6) is 0 Å². The predicted molar refractivity (Wildman–Crippen MR) is 336 cm³/mol. The summed E-state index contributed by atoms with van der Waals surface area (Å²) in [6.07, 6.45) is 79.2. The van der Waals surface area contributed by atoms with Crippen LogP contribution in [-0.4, -0.2) is 87.4 Å². The van der Waals surface area contributed by atoms with Crippen molar-refractivity contribution in [1.82, 2.24) is 0 Å². The number of esters is 2. The Balaban J connectivity index is 4.19. The molecular formula is C70H122NO8+. The Hall–Kier alpha value is -3.79. The van der Waals surface area contributed by atoms with Crippen LogP contribution < -0.4 is 0 Å². The molecule has 1 N–H and O–H groups in total. The zero-order valence-corrected chi connectivity index (χ0v) is 51.8. The molecule has 2 unspecified atom stereocenters. The predicted octanol–water partition coefficient (Wildman–Crippen LogP) is 19.7. The van der Waals surface area contributed by atoms with Gasteiger partial charge in [-0.1, -0.05) is 259 Å². The highest BCUT2D eigenvalue weighted by Crippen LogP contribution is 2.16. The minimum absolute atomic E-state index is 0.183. The average Bonchev–Trinajstić information content (AvgIpc) is 3.42. The molecule has 79 heavy (non-hydrogen) atoms. The van der Waals surface area contributed by atoms with E-state index in [4.69, 9.17) is 18.9 Å². The summed E-state index contributed by atoms with van der Waals surface area (Å²) < 4.78 is 22.9. The highest BCUT2D eigenvalue weighted by molar-refractivity contribution is 5.71. The summed E-state index contributed by atoms with van der Waals surface area (Å²) in [7, 11) is 5.97. The van der Waals surface area contributed by atoms with Crippen LogP contribution in [0.1, 0.15) is 271 Å². The average molecular weight is 1110 g/mol. The van der Waals surface area contributed by atoms with E-state index in [1.54, 1.807) is 0 Å². The smallest absolute Gasteiger partial charge is 0.361 e. The van der Waals surface area contributed by atoms with Crippen LogP contribution >= 0.6 is 0 Å². The van der Waals surface area contributed by atoms with Gasteiger partial charge >= 0.3 is 17.9 Å². The van der Waals surface area contributed by atoms with E-state index in [-0.39, 0.29) is 32.2 Å². The standard InChI is InChI=1S/C70H121NO8/c1-6-8-10-12-14-16-18-20-22-24-26-28-30-32-33-34-35-37-39-41-43-45-47-49-51-53-55-57-59-61-68(73)79-66(65-78-70(69(74)75)76-63-62-71(3,4)5)64-77-67(72)60-58-56-54-52-50-48-46-44-42-40-38-36-31-29-27-25-23-21-19-17-15-13-11-9-7-2/h8,10,14,16,19-22,25-28,31-33,36,66,70H,6-7,9,11-13,15,17-18,23-24,29-30,34-35,37-65H2,1-5H3/p+1/b10-8-,16-14-,21-19-,22-20-,27-25-,28-26-,33-32-,36-31-. The Labute approximate surface area is 486 Å². The molecule has 0 aromatic carbocycles. The number of carboxylic acids is 1. The molecule has 0 fully saturated rings. The highest BCUT2D eigenvalue weighted by Gasteiger charge is 2.25. The molecule has 9 nitrogen and oxygen atoms in total. The summed E-state index contributed by atoms with van der Waals surface area (Å²) in [5, 5.41) is 9.73. The summed E-state index contributed by atoms with van der Waals surface area (Å²) in [4.78, 5) is 37.6. The van der Waals surface area contributed by atoms with Crippen LogP contribution in [0.4, 0.5) is 0 Å². The van der Waals surface area contributed by atoms with E-state index in [9.17, 15) is 19.5 Å². The number of quaternary nitrogens is 1. The SMILES string of the molecule is CC/C=C\C/C=C\C/C=C\C/C=C\C/C=C\CCCCCCCCCCCCCCCC(=O)OC(COC(=O)CCCCCCCCCCCC/C=C\C/C=C\C/C=C\CCCCCCC)COC(OCC[N+](C)(C)C)C(=O)O. The zero-order valence-electron chi connectivity index (χ0n) is 51.8. The first-order valence-corrected chi connectivity index (χ1v) is 32.4. The summed E-state index contributed by atoms with van der Waals surface area (Å²) >= 11 is 0. The third kappa shape index (κ3) is 61.7. The number of carbonyl (C=O) groups is 3. The second kappa shape index (κ2) is 60.3. The van der Waals surface area contributed by atoms with Gasteiger partial charge in [0.25, 0.3) is 6.29 Å². The molecule has 9 heteroatoms. The van der Waals surface area contributed by atoms with Gasteiger partial charge in [-0.2, -0.15) is 0 Å². The lowest BCUT2D eigenvalue weighted by Gasteiger charge is -2.25. The Morgan fingerprint density at radius 1 is 0.392 bits per heavy atom. The van der Waals surface area contributed by atoms with Gasteiger partial charge in [-0.05, 0) is 96.3 Å².